The van der Waals surface area contributed by atoms with Crippen LogP contribution in [-0.2, 0) is 5.41 Å². The molecule has 44 heavy (non-hydrogen) atoms. The number of nitrogens with zero attached hydrogens (tertiary/aromatic N) is 2. The summed E-state index contributed by atoms with van der Waals surface area (Å²) in [5, 5.41) is 3.16. The number of hydrogen-bond donors (Lipinski definition) is 0. The minimum absolute atomic E-state index is 0.247. The molecule has 210 valence electrons. The smallest absolute Gasteiger partial charge is 0.160 e. The maximum Gasteiger partial charge on any atom is 0.160 e. The molecule has 3 nitrogen and oxygen atoms in total. The zero-order valence-corrected chi connectivity index (χ0v) is 24.8. The van der Waals surface area contributed by atoms with E-state index in [9.17, 15) is 0 Å². The number of allylic oxidation sites excluding steroid dienone is 4. The van der Waals surface area contributed by atoms with Crippen LogP contribution in [0.25, 0.3) is 72.2 Å². The Balaban J connectivity index is 1.28. The summed E-state index contributed by atoms with van der Waals surface area (Å²) in [5.41, 5.74) is 12.2. The highest BCUT2D eigenvalue weighted by Crippen LogP contribution is 2.52. The molecule has 8 rings (SSSR count). The predicted molar refractivity (Wildman–Crippen MR) is 183 cm³/mol. The van der Waals surface area contributed by atoms with Crippen LogP contribution in [0.4, 0.5) is 0 Å². The van der Waals surface area contributed by atoms with E-state index >= 15 is 0 Å². The highest BCUT2D eigenvalue weighted by atomic mass is 16.3. The van der Waals surface area contributed by atoms with Crippen molar-refractivity contribution < 1.29 is 4.42 Å². The van der Waals surface area contributed by atoms with Gasteiger partial charge in [-0.15, -0.1) is 0 Å². The Hall–Kier alpha value is -5.54. The fourth-order valence-corrected chi connectivity index (χ4v) is 6.81. The van der Waals surface area contributed by atoms with Gasteiger partial charge < -0.3 is 4.42 Å². The zero-order chi connectivity index (χ0) is 30.0. The van der Waals surface area contributed by atoms with Crippen molar-refractivity contribution >= 4 is 38.4 Å². The van der Waals surface area contributed by atoms with Gasteiger partial charge in [-0.1, -0.05) is 118 Å². The maximum atomic E-state index is 6.57. The first-order chi connectivity index (χ1) is 21.4. The van der Waals surface area contributed by atoms with E-state index in [2.05, 4.69) is 118 Å². The molecule has 7 aromatic rings. The fraction of sp³-hybridized carbons (Fsp3) is 0.0732. The summed E-state index contributed by atoms with van der Waals surface area (Å²) in [6.07, 6.45) is 3.91. The lowest BCUT2D eigenvalue weighted by Crippen LogP contribution is -2.15. The van der Waals surface area contributed by atoms with E-state index < -0.39 is 0 Å². The highest BCUT2D eigenvalue weighted by Gasteiger charge is 2.40. The summed E-state index contributed by atoms with van der Waals surface area (Å²) in [7, 11) is 0. The van der Waals surface area contributed by atoms with Crippen LogP contribution in [-0.4, -0.2) is 9.97 Å². The summed E-state index contributed by atoms with van der Waals surface area (Å²) < 4.78 is 6.57. The van der Waals surface area contributed by atoms with Crippen molar-refractivity contribution in [2.75, 3.05) is 0 Å². The lowest BCUT2D eigenvalue weighted by atomic mass is 9.81. The first-order valence-corrected chi connectivity index (χ1v) is 14.9. The first-order valence-electron chi connectivity index (χ1n) is 14.9. The molecule has 2 aromatic heterocycles. The van der Waals surface area contributed by atoms with Crippen LogP contribution in [0, 0.1) is 0 Å². The topological polar surface area (TPSA) is 38.9 Å². The molecule has 0 fully saturated rings. The van der Waals surface area contributed by atoms with Crippen LogP contribution in [0.1, 0.15) is 25.0 Å². The molecule has 5 aromatic carbocycles. The Morgan fingerprint density at radius 2 is 1.39 bits per heavy atom. The number of rotatable bonds is 4. The lowest BCUT2D eigenvalue weighted by Gasteiger charge is -2.21. The van der Waals surface area contributed by atoms with Gasteiger partial charge in [0.15, 0.2) is 5.82 Å². The van der Waals surface area contributed by atoms with Crippen molar-refractivity contribution in [3.8, 4) is 33.8 Å². The van der Waals surface area contributed by atoms with Crippen molar-refractivity contribution in [3.05, 3.63) is 151 Å². The fourth-order valence-electron chi connectivity index (χ4n) is 6.81. The number of para-hydroxylation sites is 1. The highest BCUT2D eigenvalue weighted by molar-refractivity contribution is 6.10. The number of hydrogen-bond acceptors (Lipinski definition) is 3. The Labute approximate surface area is 256 Å². The van der Waals surface area contributed by atoms with Gasteiger partial charge in [-0.05, 0) is 58.2 Å². The van der Waals surface area contributed by atoms with Crippen molar-refractivity contribution in [3.63, 3.8) is 0 Å². The van der Waals surface area contributed by atoms with Crippen molar-refractivity contribution in [2.24, 2.45) is 0 Å². The van der Waals surface area contributed by atoms with Crippen LogP contribution >= 0.6 is 0 Å². The SMILES string of the molecule is C=C/C=C1\C(=C)c2ccc3c(oc4ccc(-c5nc(-c6ccc(-c7ccccc7)cc6)c6ccccc6n5)cc43)c2C1(C)C. The van der Waals surface area contributed by atoms with E-state index in [1.54, 1.807) is 0 Å². The second kappa shape index (κ2) is 9.75. The lowest BCUT2D eigenvalue weighted by molar-refractivity contribution is 0.619. The van der Waals surface area contributed by atoms with Crippen molar-refractivity contribution in [2.45, 2.75) is 19.3 Å². The average Bonchev–Trinajstić information content (AvgIpc) is 3.52. The summed E-state index contributed by atoms with van der Waals surface area (Å²) >= 11 is 0. The third-order valence-corrected chi connectivity index (χ3v) is 9.00. The Morgan fingerprint density at radius 3 is 2.18 bits per heavy atom. The summed E-state index contributed by atoms with van der Waals surface area (Å²) in [4.78, 5) is 10.2. The van der Waals surface area contributed by atoms with Gasteiger partial charge in [0, 0.05) is 38.3 Å². The minimum Gasteiger partial charge on any atom is -0.456 e. The van der Waals surface area contributed by atoms with Gasteiger partial charge in [-0.3, -0.25) is 0 Å². The Kier molecular flexibility index (Phi) is 5.79. The van der Waals surface area contributed by atoms with E-state index in [1.807, 2.05) is 30.3 Å². The van der Waals surface area contributed by atoms with Gasteiger partial charge in [-0.2, -0.15) is 0 Å². The van der Waals surface area contributed by atoms with Gasteiger partial charge in [0.25, 0.3) is 0 Å². The molecule has 0 saturated heterocycles. The van der Waals surface area contributed by atoms with E-state index in [1.165, 1.54) is 22.3 Å². The van der Waals surface area contributed by atoms with Crippen molar-refractivity contribution in [1.29, 1.82) is 0 Å². The Morgan fingerprint density at radius 1 is 0.682 bits per heavy atom. The zero-order valence-electron chi connectivity index (χ0n) is 24.8. The Bertz CT molecular complexity index is 2320. The molecule has 1 aliphatic rings. The number of benzene rings is 5. The molecule has 0 atom stereocenters. The monoisotopic (exact) mass is 566 g/mol. The standard InChI is InChI=1S/C41H30N2O/c1-5-11-34-25(2)30-21-22-31-33-24-29(20-23-36(33)44-39(31)37(30)41(34,3)4)40-42-35-15-10-9-14-32(35)38(43-40)28-18-16-27(17-19-28)26-12-7-6-8-13-26/h5-24H,1-2H2,3-4H3/b34-11+. The predicted octanol–water partition coefficient (Wildman–Crippen LogP) is 10.9. The molecule has 1 aliphatic carbocycles. The van der Waals surface area contributed by atoms with Gasteiger partial charge >= 0.3 is 0 Å². The molecule has 0 saturated carbocycles. The van der Waals surface area contributed by atoms with Gasteiger partial charge in [-0.25, -0.2) is 9.97 Å². The summed E-state index contributed by atoms with van der Waals surface area (Å²) in [5.74, 6) is 0.688. The molecule has 0 N–H and O–H groups in total. The molecule has 0 unspecified atom stereocenters. The number of furan rings is 1. The first kappa shape index (κ1) is 26.1. The number of aromatic nitrogens is 2. The molecule has 3 heteroatoms. The van der Waals surface area contributed by atoms with E-state index in [-0.39, 0.29) is 5.41 Å². The largest absolute Gasteiger partial charge is 0.456 e. The molecule has 0 amide bonds. The van der Waals surface area contributed by atoms with Crippen LogP contribution < -0.4 is 0 Å². The molecule has 0 spiro atoms. The van der Waals surface area contributed by atoms with Crippen LogP contribution in [0.5, 0.6) is 0 Å². The minimum atomic E-state index is -0.247. The van der Waals surface area contributed by atoms with Gasteiger partial charge in [0.2, 0.25) is 0 Å². The third kappa shape index (κ3) is 3.90. The van der Waals surface area contributed by atoms with Gasteiger partial charge in [0.1, 0.15) is 11.2 Å². The van der Waals surface area contributed by atoms with Crippen LogP contribution in [0.2, 0.25) is 0 Å². The molecule has 0 radical (unpaired) electrons. The number of fused-ring (bicyclic) bond motifs is 6. The summed E-state index contributed by atoms with van der Waals surface area (Å²) in [6, 6.07) is 37.9. The molecule has 0 aliphatic heterocycles. The third-order valence-electron chi connectivity index (χ3n) is 9.00. The van der Waals surface area contributed by atoms with Crippen LogP contribution in [0.15, 0.2) is 144 Å². The van der Waals surface area contributed by atoms with E-state index in [0.717, 1.165) is 60.8 Å². The van der Waals surface area contributed by atoms with Crippen LogP contribution in [0.3, 0.4) is 0 Å². The molecular formula is C41H30N2O. The average molecular weight is 567 g/mol. The normalized spacial score (nSPS) is 15.0. The second-order valence-electron chi connectivity index (χ2n) is 12.0. The van der Waals surface area contributed by atoms with E-state index in [0.29, 0.717) is 5.82 Å². The summed E-state index contributed by atoms with van der Waals surface area (Å²) in [6.45, 7) is 12.8. The van der Waals surface area contributed by atoms with Crippen molar-refractivity contribution in [1.82, 2.24) is 9.97 Å². The van der Waals surface area contributed by atoms with E-state index in [4.69, 9.17) is 14.4 Å². The maximum absolute atomic E-state index is 6.57. The van der Waals surface area contributed by atoms with Gasteiger partial charge in [0.05, 0.1) is 11.2 Å². The second-order valence-corrected chi connectivity index (χ2v) is 12.0. The molecule has 2 heterocycles. The molecular weight excluding hydrogens is 536 g/mol. The quantitative estimate of drug-likeness (QED) is 0.213. The molecule has 0 bridgehead atoms.